The van der Waals surface area contributed by atoms with Gasteiger partial charge >= 0.3 is 0 Å². The van der Waals surface area contributed by atoms with Gasteiger partial charge in [0, 0.05) is 13.6 Å². The summed E-state index contributed by atoms with van der Waals surface area (Å²) in [5, 5.41) is 4.10. The SMILES string of the molecule is CN(Cc1ccsc1)C(=O)C1(C(N)=S)CCCCCC1. The van der Waals surface area contributed by atoms with Gasteiger partial charge in [0.05, 0.1) is 10.4 Å². The largest absolute Gasteiger partial charge is 0.392 e. The molecule has 1 saturated carbocycles. The molecule has 2 N–H and O–H groups in total. The van der Waals surface area contributed by atoms with Crippen LogP contribution >= 0.6 is 23.6 Å². The average Bonchev–Trinajstić information content (AvgIpc) is 2.79. The van der Waals surface area contributed by atoms with Gasteiger partial charge in [-0.1, -0.05) is 37.9 Å². The summed E-state index contributed by atoms with van der Waals surface area (Å²) >= 11 is 6.91. The van der Waals surface area contributed by atoms with E-state index in [1.54, 1.807) is 16.2 Å². The second-order valence-corrected chi connectivity index (χ2v) is 6.87. The molecule has 1 aromatic rings. The first-order valence-corrected chi connectivity index (χ1v) is 8.48. The molecule has 1 aliphatic rings. The summed E-state index contributed by atoms with van der Waals surface area (Å²) in [5.74, 6) is 0.0955. The number of hydrogen-bond acceptors (Lipinski definition) is 3. The van der Waals surface area contributed by atoms with Crippen LogP contribution in [0.1, 0.15) is 44.1 Å². The van der Waals surface area contributed by atoms with Crippen LogP contribution in [0.3, 0.4) is 0 Å². The first kappa shape index (κ1) is 15.4. The Labute approximate surface area is 130 Å². The van der Waals surface area contributed by atoms with E-state index < -0.39 is 5.41 Å². The average molecular weight is 310 g/mol. The number of amides is 1. The van der Waals surface area contributed by atoms with Gasteiger partial charge in [-0.15, -0.1) is 0 Å². The Morgan fingerprint density at radius 1 is 1.40 bits per heavy atom. The van der Waals surface area contributed by atoms with Gasteiger partial charge in [-0.05, 0) is 35.2 Å². The third-order valence-electron chi connectivity index (χ3n) is 4.18. The Balaban J connectivity index is 2.15. The van der Waals surface area contributed by atoms with Gasteiger partial charge in [0.1, 0.15) is 0 Å². The fraction of sp³-hybridized carbons (Fsp3) is 0.600. The van der Waals surface area contributed by atoms with Gasteiger partial charge < -0.3 is 10.6 Å². The van der Waals surface area contributed by atoms with Crippen molar-refractivity contribution in [1.82, 2.24) is 4.90 Å². The molecule has 0 aliphatic heterocycles. The summed E-state index contributed by atoms with van der Waals surface area (Å²) in [6, 6.07) is 2.05. The summed E-state index contributed by atoms with van der Waals surface area (Å²) < 4.78 is 0. The predicted molar refractivity (Wildman–Crippen MR) is 87.7 cm³/mol. The van der Waals surface area contributed by atoms with E-state index in [1.807, 2.05) is 12.4 Å². The van der Waals surface area contributed by atoms with Crippen LogP contribution in [-0.2, 0) is 11.3 Å². The number of rotatable bonds is 4. The monoisotopic (exact) mass is 310 g/mol. The van der Waals surface area contributed by atoms with E-state index in [9.17, 15) is 4.79 Å². The molecule has 1 amide bonds. The Morgan fingerprint density at radius 2 is 2.05 bits per heavy atom. The number of nitrogens with two attached hydrogens (primary N) is 1. The molecule has 3 nitrogen and oxygen atoms in total. The number of nitrogens with zero attached hydrogens (tertiary/aromatic N) is 1. The summed E-state index contributed by atoms with van der Waals surface area (Å²) in [7, 11) is 1.85. The van der Waals surface area contributed by atoms with E-state index in [0.29, 0.717) is 11.5 Å². The maximum Gasteiger partial charge on any atom is 0.235 e. The summed E-state index contributed by atoms with van der Waals surface area (Å²) in [5.41, 5.74) is 6.52. The van der Waals surface area contributed by atoms with E-state index >= 15 is 0 Å². The first-order valence-electron chi connectivity index (χ1n) is 7.13. The van der Waals surface area contributed by atoms with Crippen LogP contribution in [0, 0.1) is 5.41 Å². The van der Waals surface area contributed by atoms with Crippen molar-refractivity contribution >= 4 is 34.5 Å². The zero-order chi connectivity index (χ0) is 14.6. The quantitative estimate of drug-likeness (QED) is 0.685. The van der Waals surface area contributed by atoms with E-state index in [4.69, 9.17) is 18.0 Å². The maximum absolute atomic E-state index is 12.9. The molecular formula is C15H22N2OS2. The van der Waals surface area contributed by atoms with Crippen molar-refractivity contribution in [2.24, 2.45) is 11.1 Å². The van der Waals surface area contributed by atoms with E-state index in [-0.39, 0.29) is 5.91 Å². The molecular weight excluding hydrogens is 288 g/mol. The van der Waals surface area contributed by atoms with E-state index in [0.717, 1.165) is 31.2 Å². The third-order valence-corrected chi connectivity index (χ3v) is 5.31. The molecule has 1 fully saturated rings. The molecule has 0 saturated heterocycles. The molecule has 5 heteroatoms. The maximum atomic E-state index is 12.9. The molecule has 0 atom stereocenters. The lowest BCUT2D eigenvalue weighted by molar-refractivity contribution is -0.138. The number of carbonyl (C=O) groups excluding carboxylic acids is 1. The van der Waals surface area contributed by atoms with Gasteiger partial charge in [-0.3, -0.25) is 4.79 Å². The van der Waals surface area contributed by atoms with Crippen LogP contribution in [0.15, 0.2) is 16.8 Å². The summed E-state index contributed by atoms with van der Waals surface area (Å²) in [4.78, 5) is 15.1. The number of thiophene rings is 1. The normalized spacial score (nSPS) is 18.2. The van der Waals surface area contributed by atoms with Crippen molar-refractivity contribution < 1.29 is 4.79 Å². The molecule has 110 valence electrons. The highest BCUT2D eigenvalue weighted by atomic mass is 32.1. The van der Waals surface area contributed by atoms with Crippen LogP contribution < -0.4 is 5.73 Å². The summed E-state index contributed by atoms with van der Waals surface area (Å²) in [6.07, 6.45) is 6.02. The van der Waals surface area contributed by atoms with Gasteiger partial charge in [0.25, 0.3) is 0 Å². The Kier molecular flexibility index (Phi) is 5.16. The molecule has 1 heterocycles. The number of hydrogen-bond donors (Lipinski definition) is 1. The molecule has 0 unspecified atom stereocenters. The Bertz CT molecular complexity index is 462. The van der Waals surface area contributed by atoms with Crippen LogP contribution in [0.5, 0.6) is 0 Å². The minimum absolute atomic E-state index is 0.0955. The van der Waals surface area contributed by atoms with Gasteiger partial charge in [0.15, 0.2) is 0 Å². The molecule has 1 aromatic heterocycles. The standard InChI is InChI=1S/C15H22N2OS2/c1-17(10-12-6-9-20-11-12)14(18)15(13(16)19)7-4-2-3-5-8-15/h6,9,11H,2-5,7-8,10H2,1H3,(H2,16,19). The van der Waals surface area contributed by atoms with Crippen molar-refractivity contribution in [2.75, 3.05) is 7.05 Å². The zero-order valence-electron chi connectivity index (χ0n) is 11.9. The highest BCUT2D eigenvalue weighted by Gasteiger charge is 2.43. The van der Waals surface area contributed by atoms with Crippen molar-refractivity contribution in [1.29, 1.82) is 0 Å². The van der Waals surface area contributed by atoms with Crippen molar-refractivity contribution in [2.45, 2.75) is 45.1 Å². The molecule has 1 aliphatic carbocycles. The lowest BCUT2D eigenvalue weighted by Crippen LogP contribution is -2.49. The molecule has 0 radical (unpaired) electrons. The third kappa shape index (κ3) is 3.20. The second kappa shape index (κ2) is 6.68. The summed E-state index contributed by atoms with van der Waals surface area (Å²) in [6.45, 7) is 0.632. The highest BCUT2D eigenvalue weighted by molar-refractivity contribution is 7.80. The number of carbonyl (C=O) groups is 1. The fourth-order valence-electron chi connectivity index (χ4n) is 2.99. The lowest BCUT2D eigenvalue weighted by Gasteiger charge is -2.34. The van der Waals surface area contributed by atoms with Crippen LogP contribution in [0.25, 0.3) is 0 Å². The molecule has 0 aromatic carbocycles. The van der Waals surface area contributed by atoms with Crippen LogP contribution in [0.4, 0.5) is 0 Å². The smallest absolute Gasteiger partial charge is 0.235 e. The highest BCUT2D eigenvalue weighted by Crippen LogP contribution is 2.37. The van der Waals surface area contributed by atoms with Gasteiger partial charge in [-0.2, -0.15) is 11.3 Å². The first-order chi connectivity index (χ1) is 9.56. The molecule has 0 spiro atoms. The predicted octanol–water partition coefficient (Wildman–Crippen LogP) is 3.33. The van der Waals surface area contributed by atoms with Crippen LogP contribution in [0.2, 0.25) is 0 Å². The van der Waals surface area contributed by atoms with Gasteiger partial charge in [-0.25, -0.2) is 0 Å². The second-order valence-electron chi connectivity index (χ2n) is 5.65. The molecule has 2 rings (SSSR count). The van der Waals surface area contributed by atoms with Crippen molar-refractivity contribution in [3.8, 4) is 0 Å². The minimum Gasteiger partial charge on any atom is -0.392 e. The van der Waals surface area contributed by atoms with E-state index in [1.165, 1.54) is 12.8 Å². The van der Waals surface area contributed by atoms with Crippen molar-refractivity contribution in [3.05, 3.63) is 22.4 Å². The van der Waals surface area contributed by atoms with Crippen molar-refractivity contribution in [3.63, 3.8) is 0 Å². The molecule has 0 bridgehead atoms. The Morgan fingerprint density at radius 3 is 2.55 bits per heavy atom. The topological polar surface area (TPSA) is 46.3 Å². The number of thiocarbonyl (C=S) groups is 1. The minimum atomic E-state index is -0.614. The van der Waals surface area contributed by atoms with E-state index in [2.05, 4.69) is 11.4 Å². The van der Waals surface area contributed by atoms with Gasteiger partial charge in [0.2, 0.25) is 5.91 Å². The lowest BCUT2D eigenvalue weighted by atomic mass is 9.79. The fourth-order valence-corrected chi connectivity index (χ4v) is 3.94. The van der Waals surface area contributed by atoms with Crippen LogP contribution in [-0.4, -0.2) is 22.8 Å². The molecule has 20 heavy (non-hydrogen) atoms. The Hall–Kier alpha value is -0.940. The zero-order valence-corrected chi connectivity index (χ0v) is 13.6.